The minimum absolute atomic E-state index is 0.304. The molecular weight excluding hydrogens is 426 g/mol. The van der Waals surface area contributed by atoms with Gasteiger partial charge < -0.3 is 9.40 Å². The first-order valence-electron chi connectivity index (χ1n) is 10.8. The standard InChI is InChI=1S/C27H19N5O2/c33-25(30-27-28-21-11-5-6-12-22(21)29-27)15-14-19-17-32(20-9-2-1-3-10-20)31-26(19)24-16-18-8-4-7-13-23(18)34-24/h1-17H,(H2,28,29,30,33)/b15-14+. The van der Waals surface area contributed by atoms with Gasteiger partial charge in [-0.2, -0.15) is 5.10 Å². The fourth-order valence-corrected chi connectivity index (χ4v) is 3.85. The molecule has 0 aliphatic rings. The highest BCUT2D eigenvalue weighted by molar-refractivity contribution is 6.02. The van der Waals surface area contributed by atoms with Crippen molar-refractivity contribution in [3.05, 3.63) is 103 Å². The Morgan fingerprint density at radius 2 is 1.76 bits per heavy atom. The average Bonchev–Trinajstić information content (AvgIpc) is 3.58. The molecule has 0 unspecified atom stereocenters. The van der Waals surface area contributed by atoms with Crippen LogP contribution < -0.4 is 5.32 Å². The van der Waals surface area contributed by atoms with Crippen molar-refractivity contribution in [1.29, 1.82) is 0 Å². The first-order valence-corrected chi connectivity index (χ1v) is 10.8. The van der Waals surface area contributed by atoms with Crippen LogP contribution in [0.3, 0.4) is 0 Å². The third kappa shape index (κ3) is 3.75. The number of rotatable bonds is 5. The number of anilines is 1. The summed E-state index contributed by atoms with van der Waals surface area (Å²) in [7, 11) is 0. The Hall–Kier alpha value is -4.91. The fourth-order valence-electron chi connectivity index (χ4n) is 3.85. The van der Waals surface area contributed by atoms with Gasteiger partial charge in [0.1, 0.15) is 11.3 Å². The Morgan fingerprint density at radius 1 is 0.971 bits per heavy atom. The van der Waals surface area contributed by atoms with Gasteiger partial charge in [-0.25, -0.2) is 9.67 Å². The average molecular weight is 445 g/mol. The highest BCUT2D eigenvalue weighted by atomic mass is 16.3. The van der Waals surface area contributed by atoms with Gasteiger partial charge in [-0.05, 0) is 42.5 Å². The molecule has 2 N–H and O–H groups in total. The van der Waals surface area contributed by atoms with Crippen molar-refractivity contribution in [3.8, 4) is 17.1 Å². The van der Waals surface area contributed by atoms with Crippen LogP contribution in [-0.2, 0) is 4.79 Å². The minimum atomic E-state index is -0.304. The lowest BCUT2D eigenvalue weighted by Gasteiger charge is -1.98. The monoisotopic (exact) mass is 445 g/mol. The van der Waals surface area contributed by atoms with Crippen LogP contribution in [0.15, 0.2) is 102 Å². The van der Waals surface area contributed by atoms with Crippen molar-refractivity contribution >= 4 is 39.9 Å². The number of aromatic amines is 1. The third-order valence-electron chi connectivity index (χ3n) is 5.47. The highest BCUT2D eigenvalue weighted by Crippen LogP contribution is 2.30. The van der Waals surface area contributed by atoms with Crippen LogP contribution in [0.2, 0.25) is 0 Å². The molecule has 6 rings (SSSR count). The summed E-state index contributed by atoms with van der Waals surface area (Å²) in [4.78, 5) is 20.1. The van der Waals surface area contributed by atoms with Gasteiger partial charge in [0.2, 0.25) is 5.95 Å². The van der Waals surface area contributed by atoms with Crippen LogP contribution in [0.25, 0.3) is 45.2 Å². The maximum absolute atomic E-state index is 12.6. The summed E-state index contributed by atoms with van der Waals surface area (Å²) >= 11 is 0. The van der Waals surface area contributed by atoms with Crippen LogP contribution in [0, 0.1) is 0 Å². The second-order valence-corrected chi connectivity index (χ2v) is 7.79. The van der Waals surface area contributed by atoms with Crippen molar-refractivity contribution in [2.24, 2.45) is 0 Å². The lowest BCUT2D eigenvalue weighted by Crippen LogP contribution is -2.08. The number of fused-ring (bicyclic) bond motifs is 2. The molecule has 0 spiro atoms. The summed E-state index contributed by atoms with van der Waals surface area (Å²) in [5, 5.41) is 8.53. The molecular formula is C27H19N5O2. The number of imidazole rings is 1. The van der Waals surface area contributed by atoms with E-state index in [1.54, 1.807) is 10.8 Å². The molecule has 7 nitrogen and oxygen atoms in total. The summed E-state index contributed by atoms with van der Waals surface area (Å²) in [5.74, 6) is 0.726. The van der Waals surface area contributed by atoms with E-state index in [2.05, 4.69) is 15.3 Å². The number of furan rings is 1. The number of H-pyrrole nitrogens is 1. The Bertz CT molecular complexity index is 1590. The zero-order valence-electron chi connectivity index (χ0n) is 18.0. The Kier molecular flexibility index (Phi) is 4.77. The number of hydrogen-bond donors (Lipinski definition) is 2. The van der Waals surface area contributed by atoms with Gasteiger partial charge in [-0.15, -0.1) is 0 Å². The maximum atomic E-state index is 12.6. The van der Waals surface area contributed by atoms with Crippen molar-refractivity contribution in [3.63, 3.8) is 0 Å². The number of carbonyl (C=O) groups is 1. The molecule has 0 atom stereocenters. The SMILES string of the molecule is O=C(/C=C/c1cn(-c2ccccc2)nc1-c1cc2ccccc2o1)Nc1nc2ccccc2[nH]1. The van der Waals surface area contributed by atoms with Crippen molar-refractivity contribution in [1.82, 2.24) is 19.7 Å². The predicted octanol–water partition coefficient (Wildman–Crippen LogP) is 5.81. The van der Waals surface area contributed by atoms with Gasteiger partial charge in [0.15, 0.2) is 5.76 Å². The number of benzene rings is 3. The van der Waals surface area contributed by atoms with Gasteiger partial charge in [-0.1, -0.05) is 48.5 Å². The van der Waals surface area contributed by atoms with Crippen LogP contribution >= 0.6 is 0 Å². The van der Waals surface area contributed by atoms with Crippen LogP contribution in [0.4, 0.5) is 5.95 Å². The number of hydrogen-bond acceptors (Lipinski definition) is 4. The van der Waals surface area contributed by atoms with E-state index >= 15 is 0 Å². The van der Waals surface area contributed by atoms with Gasteiger partial charge in [0, 0.05) is 23.2 Å². The number of para-hydroxylation sites is 4. The fraction of sp³-hybridized carbons (Fsp3) is 0. The summed E-state index contributed by atoms with van der Waals surface area (Å²) in [6, 6.07) is 27.2. The highest BCUT2D eigenvalue weighted by Gasteiger charge is 2.15. The lowest BCUT2D eigenvalue weighted by molar-refractivity contribution is -0.111. The normalized spacial score (nSPS) is 11.5. The molecule has 0 radical (unpaired) electrons. The number of carbonyl (C=O) groups excluding carboxylic acids is 1. The Balaban J connectivity index is 1.34. The number of aromatic nitrogens is 4. The Morgan fingerprint density at radius 3 is 2.62 bits per heavy atom. The number of nitrogens with one attached hydrogen (secondary N) is 2. The molecule has 6 aromatic rings. The molecule has 0 saturated carbocycles. The van der Waals surface area contributed by atoms with Crippen LogP contribution in [-0.4, -0.2) is 25.7 Å². The molecule has 3 aromatic carbocycles. The van der Waals surface area contributed by atoms with E-state index in [9.17, 15) is 4.79 Å². The smallest absolute Gasteiger partial charge is 0.250 e. The molecule has 0 fully saturated rings. The van der Waals surface area contributed by atoms with Gasteiger partial charge in [0.25, 0.3) is 5.91 Å². The second-order valence-electron chi connectivity index (χ2n) is 7.79. The summed E-state index contributed by atoms with van der Waals surface area (Å²) < 4.78 is 7.83. The number of amides is 1. The second kappa shape index (κ2) is 8.22. The van der Waals surface area contributed by atoms with Gasteiger partial charge >= 0.3 is 0 Å². The molecule has 0 bridgehead atoms. The lowest BCUT2D eigenvalue weighted by atomic mass is 10.2. The molecule has 3 heterocycles. The van der Waals surface area contributed by atoms with E-state index in [0.29, 0.717) is 17.4 Å². The van der Waals surface area contributed by atoms with E-state index in [0.717, 1.165) is 33.3 Å². The third-order valence-corrected chi connectivity index (χ3v) is 5.47. The van der Waals surface area contributed by atoms with E-state index in [4.69, 9.17) is 9.52 Å². The van der Waals surface area contributed by atoms with Crippen molar-refractivity contribution < 1.29 is 9.21 Å². The molecule has 164 valence electrons. The molecule has 7 heteroatoms. The zero-order valence-corrected chi connectivity index (χ0v) is 18.0. The van der Waals surface area contributed by atoms with E-state index in [1.165, 1.54) is 6.08 Å². The summed E-state index contributed by atoms with van der Waals surface area (Å²) in [6.45, 7) is 0. The molecule has 1 amide bonds. The van der Waals surface area contributed by atoms with Crippen molar-refractivity contribution in [2.45, 2.75) is 0 Å². The topological polar surface area (TPSA) is 88.7 Å². The zero-order chi connectivity index (χ0) is 22.9. The quantitative estimate of drug-likeness (QED) is 0.328. The first kappa shape index (κ1) is 19.8. The van der Waals surface area contributed by atoms with E-state index in [1.807, 2.05) is 91.1 Å². The molecule has 34 heavy (non-hydrogen) atoms. The first-order chi connectivity index (χ1) is 16.7. The van der Waals surface area contributed by atoms with E-state index < -0.39 is 0 Å². The molecule has 0 saturated heterocycles. The van der Waals surface area contributed by atoms with Gasteiger partial charge in [0.05, 0.1) is 16.7 Å². The minimum Gasteiger partial charge on any atom is -0.454 e. The largest absolute Gasteiger partial charge is 0.454 e. The number of nitrogens with zero attached hydrogens (tertiary/aromatic N) is 3. The van der Waals surface area contributed by atoms with Crippen molar-refractivity contribution in [2.75, 3.05) is 5.32 Å². The van der Waals surface area contributed by atoms with Crippen LogP contribution in [0.5, 0.6) is 0 Å². The predicted molar refractivity (Wildman–Crippen MR) is 133 cm³/mol. The molecule has 0 aliphatic carbocycles. The van der Waals surface area contributed by atoms with Gasteiger partial charge in [-0.3, -0.25) is 10.1 Å². The summed E-state index contributed by atoms with van der Waals surface area (Å²) in [5.41, 5.74) is 4.74. The maximum Gasteiger partial charge on any atom is 0.250 e. The van der Waals surface area contributed by atoms with Crippen LogP contribution in [0.1, 0.15) is 5.56 Å². The molecule has 3 aromatic heterocycles. The Labute approximate surface area is 194 Å². The summed E-state index contributed by atoms with van der Waals surface area (Å²) in [6.07, 6.45) is 5.07. The molecule has 0 aliphatic heterocycles. The van der Waals surface area contributed by atoms with E-state index in [-0.39, 0.29) is 5.91 Å².